The molecule has 1 rings (SSSR count). The lowest BCUT2D eigenvalue weighted by Gasteiger charge is -2.21. The Morgan fingerprint density at radius 1 is 1.75 bits per heavy atom. The van der Waals surface area contributed by atoms with Crippen molar-refractivity contribution in [2.45, 2.75) is 13.8 Å². The SMILES string of the molecule is C[C]1OCC(C)CS1. The topological polar surface area (TPSA) is 9.23 Å². The van der Waals surface area contributed by atoms with Gasteiger partial charge in [0.15, 0.2) is 0 Å². The molecule has 8 heavy (non-hydrogen) atoms. The van der Waals surface area contributed by atoms with E-state index < -0.39 is 0 Å². The predicted molar refractivity (Wildman–Crippen MR) is 36.5 cm³/mol. The standard InChI is InChI=1S/C6H11OS/c1-5-3-7-6(2)8-4-5/h5H,3-4H2,1-2H3. The molecule has 0 amide bonds. The average Bonchev–Trinajstić information content (AvgIpc) is 1.77. The lowest BCUT2D eigenvalue weighted by Crippen LogP contribution is -2.15. The largest absolute Gasteiger partial charge is 0.360 e. The molecule has 0 aromatic heterocycles. The highest BCUT2D eigenvalue weighted by atomic mass is 32.2. The zero-order valence-electron chi connectivity index (χ0n) is 5.31. The zero-order valence-corrected chi connectivity index (χ0v) is 6.12. The highest BCUT2D eigenvalue weighted by Crippen LogP contribution is 2.27. The average molecular weight is 131 g/mol. The number of hydrogen-bond donors (Lipinski definition) is 0. The minimum atomic E-state index is 0.740. The summed E-state index contributed by atoms with van der Waals surface area (Å²) in [5, 5.41) is 0. The van der Waals surface area contributed by atoms with Crippen molar-refractivity contribution in [2.24, 2.45) is 5.92 Å². The molecule has 0 aromatic carbocycles. The van der Waals surface area contributed by atoms with Crippen LogP contribution < -0.4 is 0 Å². The van der Waals surface area contributed by atoms with E-state index in [2.05, 4.69) is 6.92 Å². The van der Waals surface area contributed by atoms with E-state index in [1.807, 2.05) is 18.7 Å². The Balaban J connectivity index is 2.19. The van der Waals surface area contributed by atoms with Crippen molar-refractivity contribution in [3.63, 3.8) is 0 Å². The zero-order chi connectivity index (χ0) is 5.98. The Bertz CT molecular complexity index is 56.9. The van der Waals surface area contributed by atoms with E-state index in [1.54, 1.807) is 0 Å². The molecule has 1 radical (unpaired) electrons. The molecule has 2 heteroatoms. The molecule has 1 nitrogen and oxygen atoms in total. The molecule has 1 aliphatic heterocycles. The Morgan fingerprint density at radius 2 is 2.50 bits per heavy atom. The molecule has 0 saturated carbocycles. The summed E-state index contributed by atoms with van der Waals surface area (Å²) in [6.45, 7) is 5.15. The van der Waals surface area contributed by atoms with E-state index in [0.29, 0.717) is 0 Å². The van der Waals surface area contributed by atoms with Crippen LogP contribution in [0.4, 0.5) is 0 Å². The first-order valence-corrected chi connectivity index (χ1v) is 3.87. The van der Waals surface area contributed by atoms with E-state index in [1.165, 1.54) is 5.75 Å². The van der Waals surface area contributed by atoms with Crippen molar-refractivity contribution in [3.8, 4) is 0 Å². The van der Waals surface area contributed by atoms with Gasteiger partial charge in [0.25, 0.3) is 0 Å². The first kappa shape index (κ1) is 6.43. The summed E-state index contributed by atoms with van der Waals surface area (Å²) in [5.41, 5.74) is 1.13. The molecule has 1 aliphatic rings. The van der Waals surface area contributed by atoms with Crippen molar-refractivity contribution in [3.05, 3.63) is 5.44 Å². The Hall–Kier alpha value is 0.310. The summed E-state index contributed by atoms with van der Waals surface area (Å²) in [4.78, 5) is 0. The Morgan fingerprint density at radius 3 is 2.88 bits per heavy atom. The second-order valence-electron chi connectivity index (χ2n) is 2.22. The van der Waals surface area contributed by atoms with Crippen LogP contribution in [-0.4, -0.2) is 12.4 Å². The Labute approximate surface area is 54.8 Å². The van der Waals surface area contributed by atoms with Gasteiger partial charge in [0, 0.05) is 5.75 Å². The minimum Gasteiger partial charge on any atom is -0.360 e. The van der Waals surface area contributed by atoms with E-state index >= 15 is 0 Å². The highest BCUT2D eigenvalue weighted by Gasteiger charge is 2.14. The number of hydrogen-bond acceptors (Lipinski definition) is 2. The van der Waals surface area contributed by atoms with Gasteiger partial charge in [-0.1, -0.05) is 6.92 Å². The fourth-order valence-corrected chi connectivity index (χ4v) is 1.38. The fraction of sp³-hybridized carbons (Fsp3) is 0.833. The third-order valence-electron chi connectivity index (χ3n) is 1.14. The predicted octanol–water partition coefficient (Wildman–Crippen LogP) is 1.90. The maximum absolute atomic E-state index is 5.27. The lowest BCUT2D eigenvalue weighted by molar-refractivity contribution is 0.151. The van der Waals surface area contributed by atoms with E-state index in [0.717, 1.165) is 18.0 Å². The molecule has 0 bridgehead atoms. The molecule has 1 atom stereocenters. The van der Waals surface area contributed by atoms with Gasteiger partial charge in [-0.3, -0.25) is 0 Å². The van der Waals surface area contributed by atoms with Crippen molar-refractivity contribution < 1.29 is 4.74 Å². The van der Waals surface area contributed by atoms with Gasteiger partial charge in [-0.15, -0.1) is 11.8 Å². The van der Waals surface area contributed by atoms with Gasteiger partial charge in [0.05, 0.1) is 6.61 Å². The maximum Gasteiger partial charge on any atom is 0.148 e. The summed E-state index contributed by atoms with van der Waals surface area (Å²) < 4.78 is 5.27. The van der Waals surface area contributed by atoms with Crippen LogP contribution in [-0.2, 0) is 4.74 Å². The third kappa shape index (κ3) is 1.67. The summed E-state index contributed by atoms with van der Waals surface area (Å²) in [6, 6.07) is 0. The summed E-state index contributed by atoms with van der Waals surface area (Å²) >= 11 is 1.82. The van der Waals surface area contributed by atoms with Crippen LogP contribution in [0.15, 0.2) is 0 Å². The number of thioether (sulfide) groups is 1. The van der Waals surface area contributed by atoms with Crippen LogP contribution in [0.3, 0.4) is 0 Å². The van der Waals surface area contributed by atoms with Gasteiger partial charge < -0.3 is 4.74 Å². The lowest BCUT2D eigenvalue weighted by atomic mass is 10.2. The second-order valence-corrected chi connectivity index (χ2v) is 3.42. The van der Waals surface area contributed by atoms with Crippen LogP contribution in [0.1, 0.15) is 13.8 Å². The second kappa shape index (κ2) is 2.74. The molecule has 1 saturated heterocycles. The van der Waals surface area contributed by atoms with Crippen LogP contribution in [0.25, 0.3) is 0 Å². The third-order valence-corrected chi connectivity index (χ3v) is 2.40. The first-order valence-electron chi connectivity index (χ1n) is 2.88. The van der Waals surface area contributed by atoms with Crippen molar-refractivity contribution in [2.75, 3.05) is 12.4 Å². The van der Waals surface area contributed by atoms with E-state index in [9.17, 15) is 0 Å². The molecular formula is C6H11OS. The van der Waals surface area contributed by atoms with Crippen LogP contribution in [0.5, 0.6) is 0 Å². The molecule has 0 aromatic rings. The van der Waals surface area contributed by atoms with E-state index in [4.69, 9.17) is 4.74 Å². The van der Waals surface area contributed by atoms with Gasteiger partial charge in [0.1, 0.15) is 5.44 Å². The number of rotatable bonds is 0. The minimum absolute atomic E-state index is 0.740. The summed E-state index contributed by atoms with van der Waals surface area (Å²) in [7, 11) is 0. The fourth-order valence-electron chi connectivity index (χ4n) is 0.609. The molecule has 0 aliphatic carbocycles. The Kier molecular flexibility index (Phi) is 2.20. The van der Waals surface area contributed by atoms with Crippen molar-refractivity contribution in [1.29, 1.82) is 0 Å². The molecule has 0 N–H and O–H groups in total. The van der Waals surface area contributed by atoms with Gasteiger partial charge in [-0.25, -0.2) is 0 Å². The normalized spacial score (nSPS) is 33.0. The molecule has 0 spiro atoms. The highest BCUT2D eigenvalue weighted by molar-refractivity contribution is 8.01. The van der Waals surface area contributed by atoms with Crippen molar-refractivity contribution in [1.82, 2.24) is 0 Å². The maximum atomic E-state index is 5.27. The van der Waals surface area contributed by atoms with Gasteiger partial charge in [-0.05, 0) is 12.8 Å². The molecule has 1 heterocycles. The quantitative estimate of drug-likeness (QED) is 0.496. The summed E-state index contributed by atoms with van der Waals surface area (Å²) in [5.74, 6) is 1.97. The monoisotopic (exact) mass is 131 g/mol. The first-order chi connectivity index (χ1) is 3.79. The molecule has 1 fully saturated rings. The molecular weight excluding hydrogens is 120 g/mol. The summed E-state index contributed by atoms with van der Waals surface area (Å²) in [6.07, 6.45) is 0. The molecule has 1 unspecified atom stereocenters. The van der Waals surface area contributed by atoms with Crippen molar-refractivity contribution >= 4 is 11.8 Å². The van der Waals surface area contributed by atoms with Gasteiger partial charge in [-0.2, -0.15) is 0 Å². The van der Waals surface area contributed by atoms with Gasteiger partial charge in [0.2, 0.25) is 0 Å². The smallest absolute Gasteiger partial charge is 0.148 e. The van der Waals surface area contributed by atoms with Gasteiger partial charge >= 0.3 is 0 Å². The van der Waals surface area contributed by atoms with Crippen LogP contribution >= 0.6 is 11.8 Å². The van der Waals surface area contributed by atoms with Crippen LogP contribution in [0, 0.1) is 11.4 Å². The van der Waals surface area contributed by atoms with Crippen LogP contribution in [0.2, 0.25) is 0 Å². The molecule has 47 valence electrons. The number of ether oxygens (including phenoxy) is 1. The van der Waals surface area contributed by atoms with E-state index in [-0.39, 0.29) is 0 Å².